The van der Waals surface area contributed by atoms with Gasteiger partial charge in [-0.3, -0.25) is 9.78 Å². The highest BCUT2D eigenvalue weighted by atomic mass is 16.2. The van der Waals surface area contributed by atoms with Crippen molar-refractivity contribution in [3.8, 4) is 5.69 Å². The van der Waals surface area contributed by atoms with E-state index in [1.807, 2.05) is 13.8 Å². The maximum atomic E-state index is 12.2. The Morgan fingerprint density at radius 2 is 2.11 bits per heavy atom. The van der Waals surface area contributed by atoms with Gasteiger partial charge in [-0.1, -0.05) is 0 Å². The summed E-state index contributed by atoms with van der Waals surface area (Å²) in [6.45, 7) is 5.17. The molecule has 0 fully saturated rings. The molecule has 0 aliphatic rings. The molecule has 7 nitrogen and oxygen atoms in total. The van der Waals surface area contributed by atoms with Crippen LogP contribution in [0.4, 0.5) is 5.95 Å². The summed E-state index contributed by atoms with van der Waals surface area (Å²) in [5.74, 6) is 0.0911. The first-order valence-electron chi connectivity index (χ1n) is 6.08. The molecule has 0 atom stereocenters. The van der Waals surface area contributed by atoms with Crippen molar-refractivity contribution in [3.63, 3.8) is 0 Å². The highest BCUT2D eigenvalue weighted by molar-refractivity contribution is 5.92. The van der Waals surface area contributed by atoms with E-state index in [2.05, 4.69) is 15.1 Å². The average Bonchev–Trinajstić information content (AvgIpc) is 2.87. The SMILES string of the molecule is CCN(CC)C(=O)c1cc(-n2cnc(N)n2)ccn1. The quantitative estimate of drug-likeness (QED) is 0.875. The van der Waals surface area contributed by atoms with Gasteiger partial charge < -0.3 is 10.6 Å². The second-order valence-corrected chi connectivity index (χ2v) is 3.92. The Bertz CT molecular complexity index is 575. The zero-order valence-corrected chi connectivity index (χ0v) is 10.9. The maximum absolute atomic E-state index is 12.2. The lowest BCUT2D eigenvalue weighted by Crippen LogP contribution is -2.31. The summed E-state index contributed by atoms with van der Waals surface area (Å²) in [4.78, 5) is 21.9. The number of nitrogens with zero attached hydrogens (tertiary/aromatic N) is 5. The second kappa shape index (κ2) is 5.47. The molecule has 2 aromatic rings. The maximum Gasteiger partial charge on any atom is 0.272 e. The van der Waals surface area contributed by atoms with Gasteiger partial charge in [-0.2, -0.15) is 0 Å². The zero-order valence-electron chi connectivity index (χ0n) is 10.9. The first-order valence-corrected chi connectivity index (χ1v) is 6.08. The van der Waals surface area contributed by atoms with Crippen LogP contribution < -0.4 is 5.73 Å². The van der Waals surface area contributed by atoms with E-state index >= 15 is 0 Å². The van der Waals surface area contributed by atoms with Crippen LogP contribution in [0.1, 0.15) is 24.3 Å². The van der Waals surface area contributed by atoms with E-state index in [0.29, 0.717) is 24.5 Å². The van der Waals surface area contributed by atoms with Gasteiger partial charge in [-0.15, -0.1) is 5.10 Å². The Balaban J connectivity index is 2.31. The molecule has 0 spiro atoms. The van der Waals surface area contributed by atoms with E-state index in [9.17, 15) is 4.79 Å². The van der Waals surface area contributed by atoms with Crippen molar-refractivity contribution in [2.24, 2.45) is 0 Å². The number of rotatable bonds is 4. The van der Waals surface area contributed by atoms with Crippen LogP contribution in [-0.4, -0.2) is 43.6 Å². The Kier molecular flexibility index (Phi) is 3.74. The van der Waals surface area contributed by atoms with Crippen LogP contribution in [0.3, 0.4) is 0 Å². The number of nitrogens with two attached hydrogens (primary N) is 1. The molecule has 100 valence electrons. The fourth-order valence-corrected chi connectivity index (χ4v) is 1.75. The fourth-order valence-electron chi connectivity index (χ4n) is 1.75. The number of hydrogen-bond donors (Lipinski definition) is 1. The van der Waals surface area contributed by atoms with Crippen molar-refractivity contribution in [1.82, 2.24) is 24.6 Å². The largest absolute Gasteiger partial charge is 0.366 e. The number of carbonyl (C=O) groups is 1. The minimum atomic E-state index is -0.0973. The monoisotopic (exact) mass is 260 g/mol. The summed E-state index contributed by atoms with van der Waals surface area (Å²) in [5.41, 5.74) is 6.56. The summed E-state index contributed by atoms with van der Waals surface area (Å²) in [7, 11) is 0. The summed E-state index contributed by atoms with van der Waals surface area (Å²) in [6.07, 6.45) is 3.07. The van der Waals surface area contributed by atoms with Crippen molar-refractivity contribution in [2.45, 2.75) is 13.8 Å². The highest BCUT2D eigenvalue weighted by Gasteiger charge is 2.14. The summed E-state index contributed by atoms with van der Waals surface area (Å²) in [5, 5.41) is 4.00. The van der Waals surface area contributed by atoms with E-state index in [0.717, 1.165) is 0 Å². The van der Waals surface area contributed by atoms with Crippen molar-refractivity contribution in [2.75, 3.05) is 18.8 Å². The predicted octanol–water partition coefficient (Wildman–Crippen LogP) is 0.726. The third-order valence-corrected chi connectivity index (χ3v) is 2.79. The van der Waals surface area contributed by atoms with Crippen molar-refractivity contribution >= 4 is 11.9 Å². The molecular weight excluding hydrogens is 244 g/mol. The number of anilines is 1. The summed E-state index contributed by atoms with van der Waals surface area (Å²) in [6, 6.07) is 3.42. The van der Waals surface area contributed by atoms with Gasteiger partial charge in [-0.25, -0.2) is 9.67 Å². The van der Waals surface area contributed by atoms with Gasteiger partial charge in [0.2, 0.25) is 5.95 Å². The van der Waals surface area contributed by atoms with Crippen molar-refractivity contribution < 1.29 is 4.79 Å². The first kappa shape index (κ1) is 13.0. The Hall–Kier alpha value is -2.44. The zero-order chi connectivity index (χ0) is 13.8. The molecule has 0 saturated heterocycles. The lowest BCUT2D eigenvalue weighted by Gasteiger charge is -2.18. The number of amides is 1. The van der Waals surface area contributed by atoms with Crippen LogP contribution in [0.25, 0.3) is 5.69 Å². The van der Waals surface area contributed by atoms with Gasteiger partial charge in [0, 0.05) is 19.3 Å². The Morgan fingerprint density at radius 3 is 2.68 bits per heavy atom. The number of hydrogen-bond acceptors (Lipinski definition) is 5. The molecule has 0 aromatic carbocycles. The molecule has 0 aliphatic carbocycles. The third kappa shape index (κ3) is 2.70. The van der Waals surface area contributed by atoms with Crippen LogP contribution in [0, 0.1) is 0 Å². The minimum absolute atomic E-state index is 0.0973. The van der Waals surface area contributed by atoms with Crippen LogP contribution in [0.2, 0.25) is 0 Å². The Labute approximate surface area is 111 Å². The average molecular weight is 260 g/mol. The molecule has 0 radical (unpaired) electrons. The van der Waals surface area contributed by atoms with E-state index in [1.54, 1.807) is 23.2 Å². The molecule has 2 heterocycles. The van der Waals surface area contributed by atoms with Gasteiger partial charge in [0.1, 0.15) is 12.0 Å². The van der Waals surface area contributed by atoms with E-state index < -0.39 is 0 Å². The molecule has 0 saturated carbocycles. The molecule has 0 unspecified atom stereocenters. The van der Waals surface area contributed by atoms with Gasteiger partial charge in [0.15, 0.2) is 0 Å². The van der Waals surface area contributed by atoms with Gasteiger partial charge >= 0.3 is 0 Å². The van der Waals surface area contributed by atoms with Gasteiger partial charge in [0.25, 0.3) is 5.91 Å². The van der Waals surface area contributed by atoms with Crippen molar-refractivity contribution in [1.29, 1.82) is 0 Å². The topological polar surface area (TPSA) is 89.9 Å². The molecule has 19 heavy (non-hydrogen) atoms. The van der Waals surface area contributed by atoms with Gasteiger partial charge in [-0.05, 0) is 26.0 Å². The summed E-state index contributed by atoms with van der Waals surface area (Å²) >= 11 is 0. The molecule has 2 rings (SSSR count). The van der Waals surface area contributed by atoms with E-state index in [4.69, 9.17) is 5.73 Å². The predicted molar refractivity (Wildman–Crippen MR) is 70.8 cm³/mol. The van der Waals surface area contributed by atoms with Crippen molar-refractivity contribution in [3.05, 3.63) is 30.4 Å². The van der Waals surface area contributed by atoms with E-state index in [1.165, 1.54) is 11.0 Å². The lowest BCUT2D eigenvalue weighted by atomic mass is 10.3. The standard InChI is InChI=1S/C12H16N6O/c1-3-17(4-2)11(19)10-7-9(5-6-14-10)18-8-15-12(13)16-18/h5-8H,3-4H2,1-2H3,(H2,13,16). The number of pyridine rings is 1. The lowest BCUT2D eigenvalue weighted by molar-refractivity contribution is 0.0767. The molecular formula is C12H16N6O. The molecule has 7 heteroatoms. The van der Waals surface area contributed by atoms with Crippen LogP contribution >= 0.6 is 0 Å². The third-order valence-electron chi connectivity index (χ3n) is 2.79. The normalized spacial score (nSPS) is 10.4. The van der Waals surface area contributed by atoms with Crippen LogP contribution in [-0.2, 0) is 0 Å². The highest BCUT2D eigenvalue weighted by Crippen LogP contribution is 2.09. The number of aromatic nitrogens is 4. The van der Waals surface area contributed by atoms with Crippen LogP contribution in [0.15, 0.2) is 24.7 Å². The van der Waals surface area contributed by atoms with Gasteiger partial charge in [0.05, 0.1) is 5.69 Å². The molecule has 0 bridgehead atoms. The first-order chi connectivity index (χ1) is 9.15. The smallest absolute Gasteiger partial charge is 0.272 e. The van der Waals surface area contributed by atoms with Crippen LogP contribution in [0.5, 0.6) is 0 Å². The Morgan fingerprint density at radius 1 is 1.37 bits per heavy atom. The number of nitrogen functional groups attached to an aromatic ring is 1. The number of carbonyl (C=O) groups excluding carboxylic acids is 1. The molecule has 0 aliphatic heterocycles. The minimum Gasteiger partial charge on any atom is -0.366 e. The molecule has 2 aromatic heterocycles. The fraction of sp³-hybridized carbons (Fsp3) is 0.333. The molecule has 1 amide bonds. The molecule has 2 N–H and O–H groups in total. The second-order valence-electron chi connectivity index (χ2n) is 3.92. The van der Waals surface area contributed by atoms with E-state index in [-0.39, 0.29) is 11.9 Å². The summed E-state index contributed by atoms with van der Waals surface area (Å²) < 4.78 is 1.51.